The van der Waals surface area contributed by atoms with Crippen LogP contribution in [0.2, 0.25) is 10.0 Å². The maximum absolute atomic E-state index is 13.2. The summed E-state index contributed by atoms with van der Waals surface area (Å²) >= 11 is 14.1. The standard InChI is InChI=1S/C22H19Cl2N3O3S/c1-29-13-6-4-5-12(7-13)10-27-11-15-19(25-22(31-3)26-20(15)21(27)28)14-8-18(30-2)17(24)9-16(14)23/h4-9H,10-11H2,1-3H3. The lowest BCUT2D eigenvalue weighted by Gasteiger charge is -2.16. The molecular weight excluding hydrogens is 457 g/mol. The lowest BCUT2D eigenvalue weighted by Crippen LogP contribution is -2.23. The van der Waals surface area contributed by atoms with Gasteiger partial charge in [-0.1, -0.05) is 47.1 Å². The molecule has 2 heterocycles. The molecule has 6 nitrogen and oxygen atoms in total. The first-order chi connectivity index (χ1) is 14.9. The van der Waals surface area contributed by atoms with Crippen molar-refractivity contribution in [3.05, 3.63) is 63.3 Å². The summed E-state index contributed by atoms with van der Waals surface area (Å²) in [5, 5.41) is 1.33. The van der Waals surface area contributed by atoms with Gasteiger partial charge >= 0.3 is 0 Å². The van der Waals surface area contributed by atoms with Gasteiger partial charge in [-0.15, -0.1) is 0 Å². The second-order valence-electron chi connectivity index (χ2n) is 6.87. The molecule has 160 valence electrons. The van der Waals surface area contributed by atoms with Gasteiger partial charge in [-0.25, -0.2) is 9.97 Å². The van der Waals surface area contributed by atoms with E-state index in [1.165, 1.54) is 18.9 Å². The van der Waals surface area contributed by atoms with E-state index in [4.69, 9.17) is 32.7 Å². The molecule has 1 amide bonds. The summed E-state index contributed by atoms with van der Waals surface area (Å²) in [7, 11) is 3.15. The zero-order chi connectivity index (χ0) is 22.1. The third-order valence-electron chi connectivity index (χ3n) is 5.01. The lowest BCUT2D eigenvalue weighted by molar-refractivity contribution is 0.0762. The number of aromatic nitrogens is 2. The van der Waals surface area contributed by atoms with E-state index < -0.39 is 0 Å². The minimum absolute atomic E-state index is 0.145. The quantitative estimate of drug-likeness (QED) is 0.353. The van der Waals surface area contributed by atoms with Crippen LogP contribution in [0.5, 0.6) is 11.5 Å². The number of nitrogens with zero attached hydrogens (tertiary/aromatic N) is 3. The molecule has 1 aliphatic heterocycles. The van der Waals surface area contributed by atoms with Crippen molar-refractivity contribution in [2.45, 2.75) is 18.2 Å². The van der Waals surface area contributed by atoms with Crippen LogP contribution in [0.4, 0.5) is 0 Å². The summed E-state index contributed by atoms with van der Waals surface area (Å²) in [5.41, 5.74) is 3.34. The van der Waals surface area contributed by atoms with Crippen molar-refractivity contribution in [1.82, 2.24) is 14.9 Å². The summed E-state index contributed by atoms with van der Waals surface area (Å²) in [6.07, 6.45) is 1.86. The van der Waals surface area contributed by atoms with Gasteiger partial charge in [-0.2, -0.15) is 0 Å². The van der Waals surface area contributed by atoms with Crippen LogP contribution in [0, 0.1) is 0 Å². The fraction of sp³-hybridized carbons (Fsp3) is 0.227. The van der Waals surface area contributed by atoms with E-state index in [0.29, 0.717) is 51.0 Å². The highest BCUT2D eigenvalue weighted by atomic mass is 35.5. The van der Waals surface area contributed by atoms with Crippen molar-refractivity contribution in [1.29, 1.82) is 0 Å². The number of carbonyl (C=O) groups is 1. The Morgan fingerprint density at radius 1 is 1.06 bits per heavy atom. The van der Waals surface area contributed by atoms with Gasteiger partial charge in [0, 0.05) is 17.7 Å². The molecule has 0 fully saturated rings. The van der Waals surface area contributed by atoms with Crippen LogP contribution in [0.1, 0.15) is 21.6 Å². The van der Waals surface area contributed by atoms with Crippen LogP contribution in [-0.2, 0) is 13.1 Å². The van der Waals surface area contributed by atoms with Crippen molar-refractivity contribution in [3.8, 4) is 22.8 Å². The van der Waals surface area contributed by atoms with Crippen molar-refractivity contribution in [2.24, 2.45) is 0 Å². The van der Waals surface area contributed by atoms with E-state index in [1.54, 1.807) is 24.1 Å². The maximum Gasteiger partial charge on any atom is 0.273 e. The number of ether oxygens (including phenoxy) is 2. The lowest BCUT2D eigenvalue weighted by atomic mass is 10.1. The number of fused-ring (bicyclic) bond motifs is 1. The molecule has 1 aromatic heterocycles. The molecule has 0 bridgehead atoms. The van der Waals surface area contributed by atoms with E-state index in [9.17, 15) is 4.79 Å². The van der Waals surface area contributed by atoms with Crippen LogP contribution in [0.25, 0.3) is 11.3 Å². The van der Waals surface area contributed by atoms with E-state index in [0.717, 1.165) is 16.9 Å². The summed E-state index contributed by atoms with van der Waals surface area (Å²) in [6, 6.07) is 11.0. The van der Waals surface area contributed by atoms with Crippen LogP contribution >= 0.6 is 35.0 Å². The van der Waals surface area contributed by atoms with Gasteiger partial charge in [-0.05, 0) is 36.1 Å². The molecule has 0 N–H and O–H groups in total. The third-order valence-corrected chi connectivity index (χ3v) is 6.17. The predicted molar refractivity (Wildman–Crippen MR) is 122 cm³/mol. The molecule has 0 saturated carbocycles. The van der Waals surface area contributed by atoms with Gasteiger partial charge in [0.1, 0.15) is 17.2 Å². The molecule has 31 heavy (non-hydrogen) atoms. The highest BCUT2D eigenvalue weighted by Gasteiger charge is 2.33. The largest absolute Gasteiger partial charge is 0.497 e. The molecule has 0 atom stereocenters. The van der Waals surface area contributed by atoms with E-state index in [1.807, 2.05) is 30.5 Å². The molecule has 0 unspecified atom stereocenters. The Kier molecular flexibility index (Phi) is 6.27. The number of hydrogen-bond acceptors (Lipinski definition) is 6. The van der Waals surface area contributed by atoms with Gasteiger partial charge < -0.3 is 14.4 Å². The second kappa shape index (κ2) is 8.94. The third kappa shape index (κ3) is 4.18. The Bertz CT molecular complexity index is 1170. The summed E-state index contributed by atoms with van der Waals surface area (Å²) in [6.45, 7) is 0.800. The number of halogens is 2. The molecule has 3 aromatic rings. The summed E-state index contributed by atoms with van der Waals surface area (Å²) in [5.74, 6) is 1.08. The summed E-state index contributed by atoms with van der Waals surface area (Å²) in [4.78, 5) is 24.1. The molecule has 2 aromatic carbocycles. The Hall–Kier alpha value is -2.48. The first-order valence-electron chi connectivity index (χ1n) is 9.35. The van der Waals surface area contributed by atoms with Crippen LogP contribution in [0.3, 0.4) is 0 Å². The van der Waals surface area contributed by atoms with Crippen molar-refractivity contribution >= 4 is 40.9 Å². The number of methoxy groups -OCH3 is 2. The minimum atomic E-state index is -0.145. The molecular formula is C22H19Cl2N3O3S. The first kappa shape index (κ1) is 21.7. The Morgan fingerprint density at radius 3 is 2.55 bits per heavy atom. The zero-order valence-corrected chi connectivity index (χ0v) is 19.4. The molecule has 9 heteroatoms. The van der Waals surface area contributed by atoms with Crippen molar-refractivity contribution in [3.63, 3.8) is 0 Å². The molecule has 0 radical (unpaired) electrons. The fourth-order valence-electron chi connectivity index (χ4n) is 3.50. The maximum atomic E-state index is 13.2. The topological polar surface area (TPSA) is 64.6 Å². The van der Waals surface area contributed by atoms with Gasteiger partial charge in [0.2, 0.25) is 0 Å². The molecule has 0 saturated heterocycles. The highest BCUT2D eigenvalue weighted by molar-refractivity contribution is 7.98. The Labute approximate surface area is 194 Å². The number of carbonyl (C=O) groups excluding carboxylic acids is 1. The Morgan fingerprint density at radius 2 is 1.84 bits per heavy atom. The minimum Gasteiger partial charge on any atom is -0.497 e. The summed E-state index contributed by atoms with van der Waals surface area (Å²) < 4.78 is 10.6. The van der Waals surface area contributed by atoms with Gasteiger partial charge in [-0.3, -0.25) is 4.79 Å². The number of amides is 1. The average Bonchev–Trinajstić information content (AvgIpc) is 3.09. The normalized spacial score (nSPS) is 12.8. The van der Waals surface area contributed by atoms with Gasteiger partial charge in [0.15, 0.2) is 5.16 Å². The van der Waals surface area contributed by atoms with E-state index in [-0.39, 0.29) is 5.91 Å². The van der Waals surface area contributed by atoms with Crippen LogP contribution in [0.15, 0.2) is 41.6 Å². The zero-order valence-electron chi connectivity index (χ0n) is 17.1. The first-order valence-corrected chi connectivity index (χ1v) is 11.3. The number of benzene rings is 2. The second-order valence-corrected chi connectivity index (χ2v) is 8.45. The predicted octanol–water partition coefficient (Wildman–Crippen LogP) is 5.35. The number of thioether (sulfide) groups is 1. The molecule has 0 spiro atoms. The van der Waals surface area contributed by atoms with Crippen molar-refractivity contribution in [2.75, 3.05) is 20.5 Å². The van der Waals surface area contributed by atoms with Gasteiger partial charge in [0.25, 0.3) is 5.91 Å². The highest BCUT2D eigenvalue weighted by Crippen LogP contribution is 2.40. The fourth-order valence-corrected chi connectivity index (χ4v) is 4.42. The average molecular weight is 476 g/mol. The SMILES string of the molecule is COc1cccc(CN2Cc3c(nc(SC)nc3-c3cc(OC)c(Cl)cc3Cl)C2=O)c1. The smallest absolute Gasteiger partial charge is 0.273 e. The van der Waals surface area contributed by atoms with Crippen molar-refractivity contribution < 1.29 is 14.3 Å². The van der Waals surface area contributed by atoms with Crippen LogP contribution in [-0.4, -0.2) is 41.3 Å². The molecule has 4 rings (SSSR count). The Balaban J connectivity index is 1.77. The van der Waals surface area contributed by atoms with E-state index in [2.05, 4.69) is 9.97 Å². The van der Waals surface area contributed by atoms with Gasteiger partial charge in [0.05, 0.1) is 36.5 Å². The molecule has 1 aliphatic rings. The molecule has 0 aliphatic carbocycles. The van der Waals surface area contributed by atoms with E-state index >= 15 is 0 Å². The van der Waals surface area contributed by atoms with Crippen LogP contribution < -0.4 is 9.47 Å². The number of hydrogen-bond donors (Lipinski definition) is 0. The number of rotatable bonds is 6. The monoisotopic (exact) mass is 475 g/mol.